The second-order valence-electron chi connectivity index (χ2n) is 4.98. The van der Waals surface area contributed by atoms with E-state index >= 15 is 0 Å². The average Bonchev–Trinajstić information content (AvgIpc) is 3.26. The smallest absolute Gasteiger partial charge is 0.271 e. The van der Waals surface area contributed by atoms with E-state index in [1.165, 1.54) is 0 Å². The van der Waals surface area contributed by atoms with Crippen LogP contribution in [0.25, 0.3) is 11.3 Å². The van der Waals surface area contributed by atoms with E-state index < -0.39 is 5.91 Å². The Balaban J connectivity index is 1.82. The van der Waals surface area contributed by atoms with E-state index in [1.807, 2.05) is 30.3 Å². The summed E-state index contributed by atoms with van der Waals surface area (Å²) in [6.07, 6.45) is 1.66. The van der Waals surface area contributed by atoms with Gasteiger partial charge in [-0.2, -0.15) is 15.4 Å². The molecule has 2 aromatic heterocycles. The van der Waals surface area contributed by atoms with Crippen molar-refractivity contribution in [3.63, 3.8) is 0 Å². The number of aromatic amines is 1. The van der Waals surface area contributed by atoms with Gasteiger partial charge in [0.2, 0.25) is 0 Å². The highest BCUT2D eigenvalue weighted by atomic mass is 32.2. The van der Waals surface area contributed by atoms with E-state index in [4.69, 9.17) is 14.9 Å². The van der Waals surface area contributed by atoms with Crippen LogP contribution in [0.1, 0.15) is 21.8 Å². The van der Waals surface area contributed by atoms with Gasteiger partial charge in [0.25, 0.3) is 5.91 Å². The van der Waals surface area contributed by atoms with E-state index in [2.05, 4.69) is 15.4 Å². The first kappa shape index (κ1) is 16.1. The molecule has 24 heavy (non-hydrogen) atoms. The van der Waals surface area contributed by atoms with Crippen LogP contribution < -0.4 is 10.5 Å². The van der Waals surface area contributed by atoms with Gasteiger partial charge in [-0.05, 0) is 30.3 Å². The standard InChI is InChI=1S/C16H16N4O3S/c1-22-13-5-4-10(14-15(16(17)21)19-20-18-14)7-11(13)8-24-9-12-3-2-6-23-12/h2-7H,8-9H2,1H3,(H2,17,21)(H,18,19,20). The largest absolute Gasteiger partial charge is 0.496 e. The molecule has 3 rings (SSSR count). The van der Waals surface area contributed by atoms with Gasteiger partial charge in [-0.3, -0.25) is 4.79 Å². The van der Waals surface area contributed by atoms with Crippen LogP contribution in [0.15, 0.2) is 41.0 Å². The molecule has 1 aromatic carbocycles. The van der Waals surface area contributed by atoms with Crippen molar-refractivity contribution in [3.05, 3.63) is 53.6 Å². The Morgan fingerprint density at radius 3 is 2.92 bits per heavy atom. The van der Waals surface area contributed by atoms with Crippen LogP contribution >= 0.6 is 11.8 Å². The molecule has 0 bridgehead atoms. The first-order valence-corrected chi connectivity index (χ1v) is 8.32. The molecule has 0 fully saturated rings. The van der Waals surface area contributed by atoms with Crippen molar-refractivity contribution in [3.8, 4) is 17.0 Å². The highest BCUT2D eigenvalue weighted by Crippen LogP contribution is 2.30. The molecule has 0 unspecified atom stereocenters. The number of benzene rings is 1. The number of rotatable bonds is 7. The van der Waals surface area contributed by atoms with Crippen LogP contribution in [0.4, 0.5) is 0 Å². The number of ether oxygens (including phenoxy) is 1. The summed E-state index contributed by atoms with van der Waals surface area (Å²) >= 11 is 1.70. The minimum Gasteiger partial charge on any atom is -0.496 e. The lowest BCUT2D eigenvalue weighted by Crippen LogP contribution is -2.12. The molecule has 0 atom stereocenters. The maximum absolute atomic E-state index is 11.4. The number of H-pyrrole nitrogens is 1. The van der Waals surface area contributed by atoms with Gasteiger partial charge in [0.1, 0.15) is 17.2 Å². The molecular formula is C16H16N4O3S. The number of hydrogen-bond donors (Lipinski definition) is 2. The summed E-state index contributed by atoms with van der Waals surface area (Å²) in [5.41, 5.74) is 7.62. The summed E-state index contributed by atoms with van der Waals surface area (Å²) in [6.45, 7) is 0. The minimum atomic E-state index is -0.622. The van der Waals surface area contributed by atoms with Gasteiger partial charge >= 0.3 is 0 Å². The highest BCUT2D eigenvalue weighted by molar-refractivity contribution is 7.97. The average molecular weight is 344 g/mol. The van der Waals surface area contributed by atoms with E-state index in [9.17, 15) is 4.79 Å². The molecule has 0 aliphatic heterocycles. The lowest BCUT2D eigenvalue weighted by Gasteiger charge is -2.10. The van der Waals surface area contributed by atoms with Crippen LogP contribution in [0.5, 0.6) is 5.75 Å². The number of nitrogens with zero attached hydrogens (tertiary/aromatic N) is 2. The third kappa shape index (κ3) is 3.43. The summed E-state index contributed by atoms with van der Waals surface area (Å²) in [5, 5.41) is 10.3. The number of nitrogens with two attached hydrogens (primary N) is 1. The van der Waals surface area contributed by atoms with E-state index in [-0.39, 0.29) is 5.69 Å². The van der Waals surface area contributed by atoms with Crippen molar-refractivity contribution in [1.82, 2.24) is 15.4 Å². The molecular weight excluding hydrogens is 328 g/mol. The van der Waals surface area contributed by atoms with Crippen molar-refractivity contribution >= 4 is 17.7 Å². The molecule has 0 aliphatic rings. The predicted molar refractivity (Wildman–Crippen MR) is 90.6 cm³/mol. The van der Waals surface area contributed by atoms with Crippen molar-refractivity contribution in [2.24, 2.45) is 5.73 Å². The van der Waals surface area contributed by atoms with Crippen LogP contribution in [0.3, 0.4) is 0 Å². The van der Waals surface area contributed by atoms with Crippen LogP contribution in [0.2, 0.25) is 0 Å². The van der Waals surface area contributed by atoms with Gasteiger partial charge in [-0.1, -0.05) is 0 Å². The Hall–Kier alpha value is -2.74. The summed E-state index contributed by atoms with van der Waals surface area (Å²) in [5.74, 6) is 2.55. The second kappa shape index (κ2) is 7.22. The van der Waals surface area contributed by atoms with Crippen molar-refractivity contribution in [2.75, 3.05) is 7.11 Å². The molecule has 8 heteroatoms. The fourth-order valence-corrected chi connectivity index (χ4v) is 3.21. The first-order chi connectivity index (χ1) is 11.7. The summed E-state index contributed by atoms with van der Waals surface area (Å²) < 4.78 is 10.7. The Kier molecular flexibility index (Phi) is 4.85. The quantitative estimate of drug-likeness (QED) is 0.682. The number of thioether (sulfide) groups is 1. The summed E-state index contributed by atoms with van der Waals surface area (Å²) in [6, 6.07) is 9.40. The van der Waals surface area contributed by atoms with Gasteiger partial charge in [0, 0.05) is 16.9 Å². The lowest BCUT2D eigenvalue weighted by molar-refractivity contribution is 0.0996. The van der Waals surface area contributed by atoms with Crippen molar-refractivity contribution in [1.29, 1.82) is 0 Å². The molecule has 0 spiro atoms. The number of primary amides is 1. The fourth-order valence-electron chi connectivity index (χ4n) is 2.30. The number of furan rings is 1. The zero-order valence-corrected chi connectivity index (χ0v) is 13.8. The number of aromatic nitrogens is 3. The number of nitrogens with one attached hydrogen (secondary N) is 1. The van der Waals surface area contributed by atoms with E-state index in [0.29, 0.717) is 5.69 Å². The third-order valence-electron chi connectivity index (χ3n) is 3.42. The van der Waals surface area contributed by atoms with Gasteiger partial charge < -0.3 is 14.9 Å². The molecule has 3 aromatic rings. The number of amides is 1. The molecule has 0 saturated heterocycles. The number of carbonyl (C=O) groups is 1. The fraction of sp³-hybridized carbons (Fsp3) is 0.188. The van der Waals surface area contributed by atoms with Gasteiger partial charge in [0.05, 0.1) is 19.1 Å². The Bertz CT molecular complexity index is 830. The summed E-state index contributed by atoms with van der Waals surface area (Å²) in [7, 11) is 1.63. The molecule has 0 aliphatic carbocycles. The van der Waals surface area contributed by atoms with Crippen molar-refractivity contribution < 1.29 is 13.9 Å². The molecule has 0 saturated carbocycles. The maximum atomic E-state index is 11.4. The molecule has 3 N–H and O–H groups in total. The second-order valence-corrected chi connectivity index (χ2v) is 5.97. The molecule has 2 heterocycles. The molecule has 0 radical (unpaired) electrons. The highest BCUT2D eigenvalue weighted by Gasteiger charge is 2.16. The Labute approximate surface area is 142 Å². The molecule has 1 amide bonds. The van der Waals surface area contributed by atoms with Crippen molar-refractivity contribution in [2.45, 2.75) is 11.5 Å². The number of methoxy groups -OCH3 is 1. The van der Waals surface area contributed by atoms with Crippen LogP contribution in [-0.4, -0.2) is 28.4 Å². The van der Waals surface area contributed by atoms with Gasteiger partial charge in [0.15, 0.2) is 5.69 Å². The maximum Gasteiger partial charge on any atom is 0.271 e. The normalized spacial score (nSPS) is 10.7. The lowest BCUT2D eigenvalue weighted by atomic mass is 10.1. The predicted octanol–water partition coefficient (Wildman–Crippen LogP) is 2.61. The third-order valence-corrected chi connectivity index (χ3v) is 4.42. The Morgan fingerprint density at radius 1 is 1.33 bits per heavy atom. The Morgan fingerprint density at radius 2 is 2.21 bits per heavy atom. The SMILES string of the molecule is COc1ccc(-c2n[nH]nc2C(N)=O)cc1CSCc1ccco1. The van der Waals surface area contributed by atoms with E-state index in [0.717, 1.165) is 34.1 Å². The van der Waals surface area contributed by atoms with E-state index in [1.54, 1.807) is 25.1 Å². The first-order valence-electron chi connectivity index (χ1n) is 7.17. The van der Waals surface area contributed by atoms with Crippen LogP contribution in [0, 0.1) is 0 Å². The zero-order valence-electron chi connectivity index (χ0n) is 13.0. The minimum absolute atomic E-state index is 0.120. The number of hydrogen-bond acceptors (Lipinski definition) is 6. The summed E-state index contributed by atoms with van der Waals surface area (Å²) in [4.78, 5) is 11.4. The van der Waals surface area contributed by atoms with Gasteiger partial charge in [-0.15, -0.1) is 11.8 Å². The van der Waals surface area contributed by atoms with Crippen LogP contribution in [-0.2, 0) is 11.5 Å². The number of carbonyl (C=O) groups excluding carboxylic acids is 1. The molecule has 124 valence electrons. The zero-order chi connectivity index (χ0) is 16.9. The van der Waals surface area contributed by atoms with Gasteiger partial charge in [-0.25, -0.2) is 0 Å². The monoisotopic (exact) mass is 344 g/mol. The topological polar surface area (TPSA) is 107 Å². The molecule has 7 nitrogen and oxygen atoms in total.